The first kappa shape index (κ1) is 14.1. The summed E-state index contributed by atoms with van der Waals surface area (Å²) in [5.74, 6) is -0.732. The fourth-order valence-corrected chi connectivity index (χ4v) is 2.55. The summed E-state index contributed by atoms with van der Waals surface area (Å²) < 4.78 is 0. The molecular weight excluding hydrogens is 280 g/mol. The first-order valence-corrected chi connectivity index (χ1v) is 7.09. The summed E-state index contributed by atoms with van der Waals surface area (Å²) >= 11 is 0. The van der Waals surface area contributed by atoms with E-state index in [2.05, 4.69) is 5.32 Å². The first-order valence-electron chi connectivity index (χ1n) is 7.09. The summed E-state index contributed by atoms with van der Waals surface area (Å²) in [5, 5.41) is 12.4. The highest BCUT2D eigenvalue weighted by Gasteiger charge is 2.35. The lowest BCUT2D eigenvalue weighted by Crippen LogP contribution is -2.28. The van der Waals surface area contributed by atoms with E-state index in [1.54, 1.807) is 23.1 Å². The fraction of sp³-hybridized carbons (Fsp3) is 0.176. The molecule has 1 aliphatic rings. The predicted molar refractivity (Wildman–Crippen MR) is 83.6 cm³/mol. The number of nitrogens with one attached hydrogen (secondary N) is 1. The van der Waals surface area contributed by atoms with E-state index in [-0.39, 0.29) is 24.0 Å². The maximum atomic E-state index is 12.3. The Morgan fingerprint density at radius 1 is 1.09 bits per heavy atom. The molecule has 1 saturated heterocycles. The van der Waals surface area contributed by atoms with Crippen LogP contribution in [-0.2, 0) is 9.59 Å². The SMILES string of the molecule is O=C(Nc1ccccc1O)C1CC(=O)N(c2ccccc2)C1. The molecule has 2 aromatic carbocycles. The van der Waals surface area contributed by atoms with Gasteiger partial charge in [-0.3, -0.25) is 9.59 Å². The number of anilines is 2. The Bertz CT molecular complexity index is 700. The van der Waals surface area contributed by atoms with Gasteiger partial charge in [0.1, 0.15) is 5.75 Å². The zero-order valence-electron chi connectivity index (χ0n) is 11.9. The molecule has 2 N–H and O–H groups in total. The zero-order valence-corrected chi connectivity index (χ0v) is 11.9. The molecule has 0 radical (unpaired) electrons. The van der Waals surface area contributed by atoms with E-state index in [0.29, 0.717) is 12.2 Å². The maximum Gasteiger partial charge on any atom is 0.229 e. The Balaban J connectivity index is 1.71. The summed E-state index contributed by atoms with van der Waals surface area (Å²) in [6, 6.07) is 15.8. The van der Waals surface area contributed by atoms with Gasteiger partial charge in [-0.25, -0.2) is 0 Å². The van der Waals surface area contributed by atoms with Crippen molar-refractivity contribution in [3.63, 3.8) is 0 Å². The standard InChI is InChI=1S/C17H16N2O3/c20-15-9-5-4-8-14(15)18-17(22)12-10-16(21)19(11-12)13-6-2-1-3-7-13/h1-9,12,20H,10-11H2,(H,18,22). The third kappa shape index (κ3) is 2.79. The molecule has 1 unspecified atom stereocenters. The number of benzene rings is 2. The van der Waals surface area contributed by atoms with Crippen molar-refractivity contribution >= 4 is 23.2 Å². The van der Waals surface area contributed by atoms with Gasteiger partial charge in [0.15, 0.2) is 0 Å². The van der Waals surface area contributed by atoms with E-state index in [0.717, 1.165) is 5.69 Å². The lowest BCUT2D eigenvalue weighted by Gasteiger charge is -2.16. The number of nitrogens with zero attached hydrogens (tertiary/aromatic N) is 1. The van der Waals surface area contributed by atoms with Gasteiger partial charge in [0.2, 0.25) is 11.8 Å². The fourth-order valence-electron chi connectivity index (χ4n) is 2.55. The van der Waals surface area contributed by atoms with Crippen LogP contribution in [0.15, 0.2) is 54.6 Å². The number of amides is 2. The predicted octanol–water partition coefficient (Wildman–Crippen LogP) is 2.38. The molecule has 0 bridgehead atoms. The van der Waals surface area contributed by atoms with Crippen molar-refractivity contribution in [2.75, 3.05) is 16.8 Å². The molecule has 22 heavy (non-hydrogen) atoms. The Morgan fingerprint density at radius 2 is 1.77 bits per heavy atom. The van der Waals surface area contributed by atoms with Crippen LogP contribution in [0, 0.1) is 5.92 Å². The largest absolute Gasteiger partial charge is 0.506 e. The van der Waals surface area contributed by atoms with Gasteiger partial charge in [-0.1, -0.05) is 30.3 Å². The third-order valence-electron chi connectivity index (χ3n) is 3.73. The number of rotatable bonds is 3. The van der Waals surface area contributed by atoms with Crippen molar-refractivity contribution in [2.24, 2.45) is 5.92 Å². The van der Waals surface area contributed by atoms with Gasteiger partial charge < -0.3 is 15.3 Å². The minimum absolute atomic E-state index is 0.0140. The smallest absolute Gasteiger partial charge is 0.229 e. The minimum Gasteiger partial charge on any atom is -0.506 e. The number of para-hydroxylation sites is 3. The third-order valence-corrected chi connectivity index (χ3v) is 3.73. The van der Waals surface area contributed by atoms with E-state index in [9.17, 15) is 14.7 Å². The molecule has 0 aliphatic carbocycles. The van der Waals surface area contributed by atoms with E-state index >= 15 is 0 Å². The molecule has 1 fully saturated rings. The van der Waals surface area contributed by atoms with Crippen molar-refractivity contribution in [1.82, 2.24) is 0 Å². The molecule has 2 aromatic rings. The van der Waals surface area contributed by atoms with Crippen molar-refractivity contribution in [2.45, 2.75) is 6.42 Å². The summed E-state index contributed by atoms with van der Waals surface area (Å²) in [5.41, 5.74) is 1.16. The van der Waals surface area contributed by atoms with Crippen LogP contribution in [0.25, 0.3) is 0 Å². The molecule has 5 nitrogen and oxygen atoms in total. The molecule has 2 amide bonds. The molecule has 0 aromatic heterocycles. The number of carbonyl (C=O) groups excluding carboxylic acids is 2. The van der Waals surface area contributed by atoms with Crippen molar-refractivity contribution in [1.29, 1.82) is 0 Å². The zero-order chi connectivity index (χ0) is 15.5. The van der Waals surface area contributed by atoms with E-state index < -0.39 is 5.92 Å². The molecule has 0 saturated carbocycles. The number of carbonyl (C=O) groups is 2. The average Bonchev–Trinajstić information content (AvgIpc) is 2.92. The van der Waals surface area contributed by atoms with Crippen LogP contribution >= 0.6 is 0 Å². The van der Waals surface area contributed by atoms with Crippen LogP contribution in [0.1, 0.15) is 6.42 Å². The Hall–Kier alpha value is -2.82. The summed E-state index contributed by atoms with van der Waals surface area (Å²) in [6.07, 6.45) is 0.175. The second kappa shape index (κ2) is 5.89. The lowest BCUT2D eigenvalue weighted by atomic mass is 10.1. The van der Waals surface area contributed by atoms with Crippen LogP contribution in [0.5, 0.6) is 5.75 Å². The molecule has 1 heterocycles. The maximum absolute atomic E-state index is 12.3. The van der Waals surface area contributed by atoms with Gasteiger partial charge in [-0.15, -0.1) is 0 Å². The van der Waals surface area contributed by atoms with Gasteiger partial charge in [0, 0.05) is 18.7 Å². The van der Waals surface area contributed by atoms with Gasteiger partial charge in [0.05, 0.1) is 11.6 Å². The monoisotopic (exact) mass is 296 g/mol. The van der Waals surface area contributed by atoms with Gasteiger partial charge in [-0.05, 0) is 24.3 Å². The van der Waals surface area contributed by atoms with Crippen LogP contribution in [-0.4, -0.2) is 23.5 Å². The highest BCUT2D eigenvalue weighted by molar-refractivity contribution is 6.03. The summed E-state index contributed by atoms with van der Waals surface area (Å²) in [6.45, 7) is 0.349. The number of phenolic OH excluding ortho intramolecular Hbond substituents is 1. The van der Waals surface area contributed by atoms with Crippen molar-refractivity contribution < 1.29 is 14.7 Å². The van der Waals surface area contributed by atoms with Crippen LogP contribution < -0.4 is 10.2 Å². The number of aromatic hydroxyl groups is 1. The molecular formula is C17H16N2O3. The van der Waals surface area contributed by atoms with E-state index in [1.807, 2.05) is 30.3 Å². The average molecular weight is 296 g/mol. The summed E-state index contributed by atoms with van der Waals surface area (Å²) in [4.78, 5) is 26.0. The summed E-state index contributed by atoms with van der Waals surface area (Å²) in [7, 11) is 0. The van der Waals surface area contributed by atoms with Crippen LogP contribution in [0.2, 0.25) is 0 Å². The minimum atomic E-state index is -0.424. The normalized spacial score (nSPS) is 17.5. The molecule has 1 aliphatic heterocycles. The van der Waals surface area contributed by atoms with E-state index in [1.165, 1.54) is 6.07 Å². The molecule has 5 heteroatoms. The highest BCUT2D eigenvalue weighted by Crippen LogP contribution is 2.27. The first-order chi connectivity index (χ1) is 10.6. The number of hydrogen-bond donors (Lipinski definition) is 2. The topological polar surface area (TPSA) is 69.6 Å². The quantitative estimate of drug-likeness (QED) is 0.854. The highest BCUT2D eigenvalue weighted by atomic mass is 16.3. The molecule has 1 atom stereocenters. The van der Waals surface area contributed by atoms with E-state index in [4.69, 9.17) is 0 Å². The number of phenols is 1. The Kier molecular flexibility index (Phi) is 3.78. The molecule has 3 rings (SSSR count). The second-order valence-electron chi connectivity index (χ2n) is 5.25. The van der Waals surface area contributed by atoms with Crippen molar-refractivity contribution in [3.05, 3.63) is 54.6 Å². The number of hydrogen-bond acceptors (Lipinski definition) is 3. The van der Waals surface area contributed by atoms with Gasteiger partial charge in [-0.2, -0.15) is 0 Å². The van der Waals surface area contributed by atoms with Gasteiger partial charge >= 0.3 is 0 Å². The Morgan fingerprint density at radius 3 is 2.50 bits per heavy atom. The Labute approximate surface area is 128 Å². The van der Waals surface area contributed by atoms with Crippen molar-refractivity contribution in [3.8, 4) is 5.75 Å². The molecule has 112 valence electrons. The molecule has 0 spiro atoms. The van der Waals surface area contributed by atoms with Gasteiger partial charge in [0.25, 0.3) is 0 Å². The second-order valence-corrected chi connectivity index (χ2v) is 5.25. The lowest BCUT2D eigenvalue weighted by molar-refractivity contribution is -0.122. The van der Waals surface area contributed by atoms with Crippen LogP contribution in [0.3, 0.4) is 0 Å². The van der Waals surface area contributed by atoms with Crippen LogP contribution in [0.4, 0.5) is 11.4 Å².